The maximum Gasteiger partial charge on any atom is 0.352 e. The molecule has 6 N–H and O–H groups in total. The number of anilines is 1. The average molecular weight is 556 g/mol. The van der Waals surface area contributed by atoms with E-state index in [9.17, 15) is 19.5 Å². The van der Waals surface area contributed by atoms with Gasteiger partial charge in [0.25, 0.3) is 11.8 Å². The number of aromatic nitrogens is 6. The second-order valence-electron chi connectivity index (χ2n) is 7.19. The number of fused-ring (bicyclic) bond motifs is 1. The topological polar surface area (TPSA) is 230 Å². The summed E-state index contributed by atoms with van der Waals surface area (Å²) in [5.41, 5.74) is 11.3. The fraction of sp³-hybridized carbons (Fsp3) is 0.471. The van der Waals surface area contributed by atoms with Crippen LogP contribution in [0, 0.1) is 0 Å². The number of nitrogens with two attached hydrogens (primary N) is 2. The Balaban J connectivity index is 1.48. The molecule has 36 heavy (non-hydrogen) atoms. The Kier molecular flexibility index (Phi) is 8.01. The van der Waals surface area contributed by atoms with Crippen LogP contribution in [-0.2, 0) is 25.8 Å². The molecule has 19 heteroatoms. The maximum atomic E-state index is 13.0. The first-order chi connectivity index (χ1) is 17.3. The number of carbonyl (C=O) groups excluding carboxylic acids is 2. The van der Waals surface area contributed by atoms with Crippen molar-refractivity contribution in [2.75, 3.05) is 30.4 Å². The molecule has 0 radical (unpaired) electrons. The third-order valence-electron chi connectivity index (χ3n) is 4.91. The summed E-state index contributed by atoms with van der Waals surface area (Å²) in [5.74, 6) is -1.99. The van der Waals surface area contributed by atoms with Crippen LogP contribution in [0.15, 0.2) is 21.6 Å². The maximum absolute atomic E-state index is 13.0. The van der Waals surface area contributed by atoms with Gasteiger partial charge in [0.05, 0.1) is 6.54 Å². The summed E-state index contributed by atoms with van der Waals surface area (Å²) in [7, 11) is 0. The summed E-state index contributed by atoms with van der Waals surface area (Å²) in [6, 6.07) is -0.967. The van der Waals surface area contributed by atoms with E-state index in [1.807, 2.05) is 0 Å². The Morgan fingerprint density at radius 3 is 2.89 bits per heavy atom. The molecule has 2 atom stereocenters. The van der Waals surface area contributed by atoms with E-state index >= 15 is 0 Å². The fourth-order valence-corrected chi connectivity index (χ4v) is 6.19. The van der Waals surface area contributed by atoms with E-state index < -0.39 is 29.2 Å². The zero-order valence-corrected chi connectivity index (χ0v) is 21.2. The molecule has 1 fully saturated rings. The molecule has 2 aromatic heterocycles. The molecule has 16 nitrogen and oxygen atoms in total. The molecule has 2 aliphatic heterocycles. The number of aliphatic carboxylic acids is 1. The van der Waals surface area contributed by atoms with Gasteiger partial charge in [-0.15, -0.1) is 16.9 Å². The number of tetrazole rings is 1. The predicted molar refractivity (Wildman–Crippen MR) is 130 cm³/mol. The van der Waals surface area contributed by atoms with Gasteiger partial charge in [-0.3, -0.25) is 14.5 Å². The van der Waals surface area contributed by atoms with Gasteiger partial charge in [0.2, 0.25) is 16.7 Å². The number of β-lactam (4-membered cyclic amide) rings is 1. The van der Waals surface area contributed by atoms with Crippen molar-refractivity contribution in [2.24, 2.45) is 10.9 Å². The van der Waals surface area contributed by atoms with Gasteiger partial charge in [-0.25, -0.2) is 9.48 Å². The van der Waals surface area contributed by atoms with Crippen LogP contribution in [0.3, 0.4) is 0 Å². The van der Waals surface area contributed by atoms with E-state index in [1.54, 1.807) is 6.92 Å². The summed E-state index contributed by atoms with van der Waals surface area (Å²) < 4.78 is 5.49. The quantitative estimate of drug-likeness (QED) is 0.105. The Morgan fingerprint density at radius 2 is 2.22 bits per heavy atom. The molecule has 2 aliphatic rings. The van der Waals surface area contributed by atoms with Crippen molar-refractivity contribution in [3.63, 3.8) is 0 Å². The minimum atomic E-state index is -1.24. The van der Waals surface area contributed by atoms with Crippen molar-refractivity contribution in [1.29, 1.82) is 0 Å². The van der Waals surface area contributed by atoms with Crippen molar-refractivity contribution < 1.29 is 24.3 Å². The minimum absolute atomic E-state index is 0.0363. The molecular weight excluding hydrogens is 534 g/mol. The number of hydrogen-bond acceptors (Lipinski definition) is 15. The molecule has 192 valence electrons. The Labute approximate surface area is 216 Å². The van der Waals surface area contributed by atoms with Crippen LogP contribution >= 0.6 is 35.1 Å². The van der Waals surface area contributed by atoms with Crippen molar-refractivity contribution in [3.8, 4) is 0 Å². The van der Waals surface area contributed by atoms with Gasteiger partial charge in [0.15, 0.2) is 5.13 Å². The van der Waals surface area contributed by atoms with Gasteiger partial charge in [0.1, 0.15) is 23.7 Å². The number of oxime groups is 1. The number of amides is 2. The molecule has 4 rings (SSSR count). The predicted octanol–water partition coefficient (Wildman–Crippen LogP) is -1.66. The third-order valence-corrected chi connectivity index (χ3v) is 7.83. The van der Waals surface area contributed by atoms with Crippen LogP contribution in [0.2, 0.25) is 0 Å². The van der Waals surface area contributed by atoms with Gasteiger partial charge in [-0.2, -0.15) is 9.36 Å². The zero-order chi connectivity index (χ0) is 25.8. The third kappa shape index (κ3) is 5.13. The number of rotatable bonds is 11. The first kappa shape index (κ1) is 25.8. The lowest BCUT2D eigenvalue weighted by Crippen LogP contribution is -2.71. The molecule has 4 heterocycles. The highest BCUT2D eigenvalue weighted by Gasteiger charge is 2.54. The summed E-state index contributed by atoms with van der Waals surface area (Å²) in [4.78, 5) is 48.1. The molecule has 0 bridgehead atoms. The molecule has 2 aromatic rings. The number of carboxylic acid groups (broad SMARTS) is 1. The van der Waals surface area contributed by atoms with E-state index in [0.29, 0.717) is 29.6 Å². The number of nitrogen functional groups attached to an aromatic ring is 1. The molecule has 0 aromatic carbocycles. The van der Waals surface area contributed by atoms with Gasteiger partial charge >= 0.3 is 5.97 Å². The zero-order valence-electron chi connectivity index (χ0n) is 18.7. The monoisotopic (exact) mass is 555 g/mol. The van der Waals surface area contributed by atoms with Gasteiger partial charge in [-0.05, 0) is 22.9 Å². The second kappa shape index (κ2) is 11.2. The fourth-order valence-electron chi connectivity index (χ4n) is 3.36. The number of nitrogens with zero attached hydrogens (tertiary/aromatic N) is 8. The average Bonchev–Trinajstić information content (AvgIpc) is 3.49. The van der Waals surface area contributed by atoms with Crippen molar-refractivity contribution in [1.82, 2.24) is 39.8 Å². The Hall–Kier alpha value is -3.29. The van der Waals surface area contributed by atoms with E-state index in [0.717, 1.165) is 11.5 Å². The molecule has 0 aliphatic carbocycles. The van der Waals surface area contributed by atoms with Crippen LogP contribution in [-0.4, -0.2) is 99.1 Å². The van der Waals surface area contributed by atoms with Gasteiger partial charge in [-0.1, -0.05) is 16.9 Å². The van der Waals surface area contributed by atoms with Crippen LogP contribution in [0.4, 0.5) is 5.13 Å². The van der Waals surface area contributed by atoms with Crippen LogP contribution in [0.5, 0.6) is 0 Å². The summed E-state index contributed by atoms with van der Waals surface area (Å²) >= 11 is 3.46. The van der Waals surface area contributed by atoms with Crippen molar-refractivity contribution >= 4 is 63.7 Å². The number of carbonyl (C=O) groups is 3. The van der Waals surface area contributed by atoms with Crippen molar-refractivity contribution in [2.45, 2.75) is 30.0 Å². The largest absolute Gasteiger partial charge is 0.477 e. The SMILES string of the molecule is CCO/N=C(\C(=O)NC1C(=O)N2C(C(=O)O)=C(CSc3nnnn3CCN)CS[C@H]12)c1nsc(N)n1. The molecule has 1 saturated heterocycles. The van der Waals surface area contributed by atoms with E-state index in [4.69, 9.17) is 16.3 Å². The molecule has 1 unspecified atom stereocenters. The lowest BCUT2D eigenvalue weighted by atomic mass is 10.0. The van der Waals surface area contributed by atoms with Crippen LogP contribution in [0.1, 0.15) is 12.7 Å². The van der Waals surface area contributed by atoms with E-state index in [1.165, 1.54) is 33.1 Å². The van der Waals surface area contributed by atoms with Crippen molar-refractivity contribution in [3.05, 3.63) is 17.1 Å². The lowest BCUT2D eigenvalue weighted by Gasteiger charge is -2.49. The second-order valence-corrected chi connectivity index (χ2v) is 10.0. The molecule has 0 spiro atoms. The summed E-state index contributed by atoms with van der Waals surface area (Å²) in [6.45, 7) is 2.64. The number of carboxylic acids is 1. The number of hydrogen-bond donors (Lipinski definition) is 4. The number of nitrogens with one attached hydrogen (secondary N) is 1. The minimum Gasteiger partial charge on any atom is -0.477 e. The number of thioether (sulfide) groups is 2. The Bertz CT molecular complexity index is 1230. The highest BCUT2D eigenvalue weighted by Crippen LogP contribution is 2.41. The highest BCUT2D eigenvalue weighted by molar-refractivity contribution is 8.01. The first-order valence-electron chi connectivity index (χ1n) is 10.4. The normalized spacial score (nSPS) is 19.7. The standard InChI is InChI=1S/C17H21N11O5S3/c1-2-33-23-8(11-21-16(19)36-24-11)12(29)20-9-13(30)28-10(15(31)32)7(5-34-14(9)28)6-35-17-22-25-26-27(17)4-3-18/h9,14H,2-6,18H2,1H3,(H,20,29)(H,31,32)(H2,19,21,24)/b23-8-/t9?,14-/m1/s1. The molecular formula is C17H21N11O5S3. The van der Waals surface area contributed by atoms with E-state index in [-0.39, 0.29) is 34.7 Å². The smallest absolute Gasteiger partial charge is 0.352 e. The van der Waals surface area contributed by atoms with Crippen LogP contribution in [0.25, 0.3) is 0 Å². The molecule has 2 amide bonds. The van der Waals surface area contributed by atoms with E-state index in [2.05, 4.69) is 35.4 Å². The first-order valence-corrected chi connectivity index (χ1v) is 13.3. The highest BCUT2D eigenvalue weighted by atomic mass is 32.2. The summed E-state index contributed by atoms with van der Waals surface area (Å²) in [5, 5.41) is 27.6. The van der Waals surface area contributed by atoms with Crippen LogP contribution < -0.4 is 16.8 Å². The molecule has 0 saturated carbocycles. The lowest BCUT2D eigenvalue weighted by molar-refractivity contribution is -0.150. The van der Waals surface area contributed by atoms with Gasteiger partial charge < -0.3 is 26.7 Å². The Morgan fingerprint density at radius 1 is 1.42 bits per heavy atom. The van der Waals surface area contributed by atoms with Gasteiger partial charge in [0, 0.05) is 29.6 Å². The summed E-state index contributed by atoms with van der Waals surface area (Å²) in [6.07, 6.45) is 0.